The average Bonchev–Trinajstić information content (AvgIpc) is 2.82. The van der Waals surface area contributed by atoms with E-state index in [1.807, 2.05) is 36.4 Å². The molecule has 0 amide bonds. The van der Waals surface area contributed by atoms with Crippen LogP contribution in [0.3, 0.4) is 0 Å². The zero-order valence-electron chi connectivity index (χ0n) is 10.6. The highest BCUT2D eigenvalue weighted by atomic mass is 79.9. The number of nitrogens with zero attached hydrogens (tertiary/aromatic N) is 2. The van der Waals surface area contributed by atoms with E-state index in [0.29, 0.717) is 12.5 Å². The number of para-hydroxylation sites is 1. The largest absolute Gasteiger partial charge is 0.369 e. The summed E-state index contributed by atoms with van der Waals surface area (Å²) in [5, 5.41) is 0. The highest BCUT2D eigenvalue weighted by molar-refractivity contribution is 9.10. The summed E-state index contributed by atoms with van der Waals surface area (Å²) in [4.78, 5) is 6.48. The Morgan fingerprint density at radius 3 is 2.45 bits per heavy atom. The van der Waals surface area contributed by atoms with Crippen molar-refractivity contribution < 1.29 is 0 Å². The first-order valence-electron chi connectivity index (χ1n) is 6.26. The molecule has 1 atom stereocenters. The van der Waals surface area contributed by atoms with Gasteiger partial charge in [-0.3, -0.25) is 4.99 Å². The van der Waals surface area contributed by atoms with Crippen LogP contribution in [0, 0.1) is 0 Å². The van der Waals surface area contributed by atoms with Gasteiger partial charge in [0.1, 0.15) is 0 Å². The van der Waals surface area contributed by atoms with E-state index in [4.69, 9.17) is 5.73 Å². The highest BCUT2D eigenvalue weighted by Gasteiger charge is 2.29. The van der Waals surface area contributed by atoms with E-state index >= 15 is 0 Å². The van der Waals surface area contributed by atoms with Crippen molar-refractivity contribution in [2.45, 2.75) is 6.04 Å². The third-order valence-electron chi connectivity index (χ3n) is 3.35. The van der Waals surface area contributed by atoms with Gasteiger partial charge in [0, 0.05) is 8.95 Å². The molecule has 0 spiro atoms. The second-order valence-electron chi connectivity index (χ2n) is 4.59. The lowest BCUT2D eigenvalue weighted by Crippen LogP contribution is -2.36. The summed E-state index contributed by atoms with van der Waals surface area (Å²) in [5.41, 5.74) is 8.33. The van der Waals surface area contributed by atoms with Crippen LogP contribution in [0.4, 0.5) is 5.69 Å². The minimum Gasteiger partial charge on any atom is -0.369 e. The van der Waals surface area contributed by atoms with Crippen LogP contribution in [0.5, 0.6) is 0 Å². The standard InChI is InChI=1S/C15H13Br2N3/c16-11-7-5-10(6-8-11)14-9-19-15(18)20(14)13-4-2-1-3-12(13)17/h1-8,14H,9H2,(H2,18,19). The summed E-state index contributed by atoms with van der Waals surface area (Å²) in [6, 6.07) is 16.5. The van der Waals surface area contributed by atoms with Gasteiger partial charge in [-0.1, -0.05) is 40.2 Å². The van der Waals surface area contributed by atoms with Gasteiger partial charge in [-0.25, -0.2) is 0 Å². The zero-order valence-corrected chi connectivity index (χ0v) is 13.8. The summed E-state index contributed by atoms with van der Waals surface area (Å²) in [5.74, 6) is 0.560. The van der Waals surface area contributed by atoms with Gasteiger partial charge in [0.15, 0.2) is 5.96 Å². The maximum absolute atomic E-state index is 6.08. The average molecular weight is 395 g/mol. The smallest absolute Gasteiger partial charge is 0.196 e. The molecule has 3 rings (SSSR count). The molecule has 2 aromatic carbocycles. The topological polar surface area (TPSA) is 41.6 Å². The van der Waals surface area contributed by atoms with Crippen molar-refractivity contribution in [1.29, 1.82) is 0 Å². The van der Waals surface area contributed by atoms with E-state index in [-0.39, 0.29) is 6.04 Å². The SMILES string of the molecule is NC1=NCC(c2ccc(Br)cc2)N1c1ccccc1Br. The van der Waals surface area contributed by atoms with Crippen LogP contribution < -0.4 is 10.6 Å². The second-order valence-corrected chi connectivity index (χ2v) is 6.36. The van der Waals surface area contributed by atoms with Crippen molar-refractivity contribution in [2.24, 2.45) is 10.7 Å². The molecule has 102 valence electrons. The fourth-order valence-corrected chi connectivity index (χ4v) is 3.12. The van der Waals surface area contributed by atoms with Gasteiger partial charge in [-0.05, 0) is 45.8 Å². The molecular weight excluding hydrogens is 382 g/mol. The Morgan fingerprint density at radius 2 is 1.75 bits per heavy atom. The number of aliphatic imine (C=N–C) groups is 1. The third kappa shape index (κ3) is 2.47. The molecule has 0 saturated heterocycles. The maximum atomic E-state index is 6.08. The van der Waals surface area contributed by atoms with Crippen molar-refractivity contribution in [3.8, 4) is 0 Å². The normalized spacial score (nSPS) is 18.2. The lowest BCUT2D eigenvalue weighted by molar-refractivity contribution is 0.767. The fourth-order valence-electron chi connectivity index (χ4n) is 2.38. The molecule has 5 heteroatoms. The molecule has 20 heavy (non-hydrogen) atoms. The van der Waals surface area contributed by atoms with E-state index in [0.717, 1.165) is 14.6 Å². The van der Waals surface area contributed by atoms with Crippen molar-refractivity contribution in [1.82, 2.24) is 0 Å². The molecule has 0 bridgehead atoms. The molecule has 1 heterocycles. The maximum Gasteiger partial charge on any atom is 0.196 e. The highest BCUT2D eigenvalue weighted by Crippen LogP contribution is 2.35. The molecule has 0 aromatic heterocycles. The van der Waals surface area contributed by atoms with E-state index in [9.17, 15) is 0 Å². The number of nitrogens with two attached hydrogens (primary N) is 1. The van der Waals surface area contributed by atoms with Crippen molar-refractivity contribution in [3.05, 3.63) is 63.0 Å². The molecule has 0 fully saturated rings. The first-order chi connectivity index (χ1) is 9.66. The summed E-state index contributed by atoms with van der Waals surface area (Å²) in [6.45, 7) is 0.675. The molecule has 0 saturated carbocycles. The van der Waals surface area contributed by atoms with Crippen LogP contribution in [-0.2, 0) is 0 Å². The number of halogens is 2. The number of rotatable bonds is 2. The zero-order chi connectivity index (χ0) is 14.1. The molecular formula is C15H13Br2N3. The molecule has 2 aromatic rings. The molecule has 1 aliphatic rings. The van der Waals surface area contributed by atoms with Gasteiger partial charge in [-0.15, -0.1) is 0 Å². The van der Waals surface area contributed by atoms with Crippen LogP contribution in [0.2, 0.25) is 0 Å². The molecule has 1 aliphatic heterocycles. The predicted octanol–water partition coefficient (Wildman–Crippen LogP) is 4.09. The predicted molar refractivity (Wildman–Crippen MR) is 90.0 cm³/mol. The Bertz CT molecular complexity index is 652. The first-order valence-corrected chi connectivity index (χ1v) is 7.84. The number of benzene rings is 2. The number of guanidine groups is 1. The Hall–Kier alpha value is -1.33. The Labute approximate surface area is 134 Å². The van der Waals surface area contributed by atoms with Crippen LogP contribution >= 0.6 is 31.9 Å². The van der Waals surface area contributed by atoms with Crippen molar-refractivity contribution in [3.63, 3.8) is 0 Å². The number of hydrogen-bond acceptors (Lipinski definition) is 3. The number of anilines is 1. The summed E-state index contributed by atoms with van der Waals surface area (Å²) >= 11 is 7.05. The van der Waals surface area contributed by atoms with Gasteiger partial charge in [-0.2, -0.15) is 0 Å². The van der Waals surface area contributed by atoms with E-state index in [1.165, 1.54) is 5.56 Å². The Morgan fingerprint density at radius 1 is 1.05 bits per heavy atom. The van der Waals surface area contributed by atoms with Crippen LogP contribution in [0.25, 0.3) is 0 Å². The van der Waals surface area contributed by atoms with Gasteiger partial charge in [0.05, 0.1) is 18.3 Å². The van der Waals surface area contributed by atoms with Crippen LogP contribution in [0.15, 0.2) is 62.5 Å². The molecule has 2 N–H and O–H groups in total. The summed E-state index contributed by atoms with van der Waals surface area (Å²) in [6.07, 6.45) is 0. The monoisotopic (exact) mass is 393 g/mol. The fraction of sp³-hybridized carbons (Fsp3) is 0.133. The van der Waals surface area contributed by atoms with E-state index in [1.54, 1.807) is 0 Å². The Kier molecular flexibility index (Phi) is 3.81. The quantitative estimate of drug-likeness (QED) is 0.833. The number of hydrogen-bond donors (Lipinski definition) is 1. The summed E-state index contributed by atoms with van der Waals surface area (Å²) in [7, 11) is 0. The van der Waals surface area contributed by atoms with Gasteiger partial charge < -0.3 is 10.6 Å². The van der Waals surface area contributed by atoms with E-state index < -0.39 is 0 Å². The minimum atomic E-state index is 0.141. The van der Waals surface area contributed by atoms with Crippen LogP contribution in [-0.4, -0.2) is 12.5 Å². The minimum absolute atomic E-state index is 0.141. The van der Waals surface area contributed by atoms with E-state index in [2.05, 4.69) is 53.9 Å². The van der Waals surface area contributed by atoms with Gasteiger partial charge >= 0.3 is 0 Å². The van der Waals surface area contributed by atoms with Crippen molar-refractivity contribution in [2.75, 3.05) is 11.4 Å². The first kappa shape index (κ1) is 13.6. The van der Waals surface area contributed by atoms with Crippen molar-refractivity contribution >= 4 is 43.5 Å². The third-order valence-corrected chi connectivity index (χ3v) is 4.55. The second kappa shape index (κ2) is 5.58. The molecule has 1 unspecified atom stereocenters. The van der Waals surface area contributed by atoms with Crippen LogP contribution in [0.1, 0.15) is 11.6 Å². The lowest BCUT2D eigenvalue weighted by Gasteiger charge is -2.27. The molecule has 3 nitrogen and oxygen atoms in total. The van der Waals surface area contributed by atoms with Gasteiger partial charge in [0.25, 0.3) is 0 Å². The molecule has 0 radical (unpaired) electrons. The lowest BCUT2D eigenvalue weighted by atomic mass is 10.1. The summed E-state index contributed by atoms with van der Waals surface area (Å²) < 4.78 is 2.09. The van der Waals surface area contributed by atoms with Gasteiger partial charge in [0.2, 0.25) is 0 Å². The Balaban J connectivity index is 2.01. The molecule has 0 aliphatic carbocycles.